The predicted octanol–water partition coefficient (Wildman–Crippen LogP) is 1.61. The van der Waals surface area contributed by atoms with E-state index in [9.17, 15) is 9.59 Å². The number of nitrogens with two attached hydrogens (primary N) is 1. The molecule has 5 heteroatoms. The minimum Gasteiger partial charge on any atom is -0.461 e. The summed E-state index contributed by atoms with van der Waals surface area (Å²) in [5.74, 6) is -0.438. The first-order valence-electron chi connectivity index (χ1n) is 7.27. The maximum Gasteiger partial charge on any atom is 0.307 e. The summed E-state index contributed by atoms with van der Waals surface area (Å²) in [5.41, 5.74) is 6.73. The minimum atomic E-state index is -0.532. The lowest BCUT2D eigenvalue weighted by molar-refractivity contribution is -0.144. The smallest absolute Gasteiger partial charge is 0.307 e. The maximum absolute atomic E-state index is 11.7. The van der Waals surface area contributed by atoms with Crippen LogP contribution in [-0.4, -0.2) is 24.5 Å². The van der Waals surface area contributed by atoms with Gasteiger partial charge in [0.05, 0.1) is 12.5 Å². The number of rotatable bonds is 8. The van der Waals surface area contributed by atoms with Crippen LogP contribution in [0.2, 0.25) is 0 Å². The van der Waals surface area contributed by atoms with Crippen LogP contribution in [0, 0.1) is 5.92 Å². The molecule has 1 amide bonds. The Labute approximate surface area is 125 Å². The molecule has 0 spiro atoms. The SMILES string of the molecule is CC[C@H](C)[C@H](N)C(=O)NCCC(=O)OCc1ccccc1. The van der Waals surface area contributed by atoms with Gasteiger partial charge in [-0.25, -0.2) is 0 Å². The second kappa shape index (κ2) is 9.13. The number of ether oxygens (including phenoxy) is 1. The molecular formula is C16H24N2O3. The summed E-state index contributed by atoms with van der Waals surface area (Å²) < 4.78 is 5.12. The number of benzene rings is 1. The van der Waals surface area contributed by atoms with E-state index in [4.69, 9.17) is 10.5 Å². The van der Waals surface area contributed by atoms with Crippen molar-refractivity contribution in [2.45, 2.75) is 39.3 Å². The molecule has 116 valence electrons. The Bertz CT molecular complexity index is 448. The van der Waals surface area contributed by atoms with Crippen LogP contribution in [0.15, 0.2) is 30.3 Å². The van der Waals surface area contributed by atoms with Gasteiger partial charge >= 0.3 is 5.97 Å². The van der Waals surface area contributed by atoms with Crippen LogP contribution in [0.25, 0.3) is 0 Å². The van der Waals surface area contributed by atoms with Crippen molar-refractivity contribution < 1.29 is 14.3 Å². The first kappa shape index (κ1) is 17.2. The topological polar surface area (TPSA) is 81.4 Å². The molecule has 1 aromatic rings. The highest BCUT2D eigenvalue weighted by molar-refractivity contribution is 5.82. The molecule has 0 heterocycles. The zero-order chi connectivity index (χ0) is 15.7. The van der Waals surface area contributed by atoms with Crippen LogP contribution < -0.4 is 11.1 Å². The van der Waals surface area contributed by atoms with Crippen molar-refractivity contribution in [1.82, 2.24) is 5.32 Å². The Morgan fingerprint density at radius 3 is 2.57 bits per heavy atom. The zero-order valence-electron chi connectivity index (χ0n) is 12.7. The van der Waals surface area contributed by atoms with Crippen LogP contribution in [0.5, 0.6) is 0 Å². The lowest BCUT2D eigenvalue weighted by atomic mass is 9.99. The maximum atomic E-state index is 11.7. The molecule has 0 bridgehead atoms. The van der Waals surface area contributed by atoms with Gasteiger partial charge in [0.1, 0.15) is 6.61 Å². The third-order valence-corrected chi connectivity index (χ3v) is 3.43. The van der Waals surface area contributed by atoms with E-state index in [1.165, 1.54) is 0 Å². The molecule has 3 N–H and O–H groups in total. The van der Waals surface area contributed by atoms with Crippen molar-refractivity contribution >= 4 is 11.9 Å². The Balaban J connectivity index is 2.20. The van der Waals surface area contributed by atoms with Gasteiger partial charge in [-0.05, 0) is 11.5 Å². The van der Waals surface area contributed by atoms with Crippen molar-refractivity contribution in [3.8, 4) is 0 Å². The van der Waals surface area contributed by atoms with Crippen LogP contribution >= 0.6 is 0 Å². The van der Waals surface area contributed by atoms with Crippen molar-refractivity contribution in [1.29, 1.82) is 0 Å². The van der Waals surface area contributed by atoms with Gasteiger partial charge in [-0.15, -0.1) is 0 Å². The lowest BCUT2D eigenvalue weighted by Crippen LogP contribution is -2.45. The molecule has 0 aliphatic rings. The number of amides is 1. The van der Waals surface area contributed by atoms with Gasteiger partial charge in [-0.1, -0.05) is 50.6 Å². The van der Waals surface area contributed by atoms with Gasteiger partial charge in [0.2, 0.25) is 5.91 Å². The molecule has 5 nitrogen and oxygen atoms in total. The molecular weight excluding hydrogens is 268 g/mol. The largest absolute Gasteiger partial charge is 0.461 e. The highest BCUT2D eigenvalue weighted by Crippen LogP contribution is 2.05. The summed E-state index contributed by atoms with van der Waals surface area (Å²) in [5, 5.41) is 2.66. The van der Waals surface area contributed by atoms with E-state index in [-0.39, 0.29) is 37.4 Å². The van der Waals surface area contributed by atoms with Crippen molar-refractivity contribution in [2.75, 3.05) is 6.54 Å². The number of carbonyl (C=O) groups excluding carboxylic acids is 2. The van der Waals surface area contributed by atoms with Gasteiger partial charge in [0, 0.05) is 6.54 Å². The molecule has 2 atom stereocenters. The van der Waals surface area contributed by atoms with Crippen LogP contribution in [0.4, 0.5) is 0 Å². The fourth-order valence-electron chi connectivity index (χ4n) is 1.73. The van der Waals surface area contributed by atoms with E-state index < -0.39 is 6.04 Å². The molecule has 0 aromatic heterocycles. The van der Waals surface area contributed by atoms with E-state index in [1.807, 2.05) is 44.2 Å². The molecule has 0 aliphatic carbocycles. The van der Waals surface area contributed by atoms with Crippen molar-refractivity contribution in [3.63, 3.8) is 0 Å². The molecule has 0 fully saturated rings. The monoisotopic (exact) mass is 292 g/mol. The van der Waals surface area contributed by atoms with E-state index in [2.05, 4.69) is 5.32 Å². The molecule has 21 heavy (non-hydrogen) atoms. The quantitative estimate of drug-likeness (QED) is 0.713. The Morgan fingerprint density at radius 2 is 1.95 bits per heavy atom. The zero-order valence-corrected chi connectivity index (χ0v) is 12.7. The highest BCUT2D eigenvalue weighted by atomic mass is 16.5. The number of nitrogens with one attached hydrogen (secondary N) is 1. The Hall–Kier alpha value is -1.88. The van der Waals surface area contributed by atoms with Crippen LogP contribution in [-0.2, 0) is 20.9 Å². The number of carbonyl (C=O) groups is 2. The predicted molar refractivity (Wildman–Crippen MR) is 81.3 cm³/mol. The standard InChI is InChI=1S/C16H24N2O3/c1-3-12(2)15(17)16(20)18-10-9-14(19)21-11-13-7-5-4-6-8-13/h4-8,12,15H,3,9-11,17H2,1-2H3,(H,18,20)/t12-,15-/m0/s1. The molecule has 0 aliphatic heterocycles. The third kappa shape index (κ3) is 6.40. The summed E-state index contributed by atoms with van der Waals surface area (Å²) >= 11 is 0. The first-order valence-corrected chi connectivity index (χ1v) is 7.27. The van der Waals surface area contributed by atoms with E-state index in [0.717, 1.165) is 12.0 Å². The molecule has 0 radical (unpaired) electrons. The average molecular weight is 292 g/mol. The molecule has 0 saturated heterocycles. The normalized spacial score (nSPS) is 13.3. The van der Waals surface area contributed by atoms with E-state index in [1.54, 1.807) is 0 Å². The molecule has 1 aromatic carbocycles. The number of esters is 1. The van der Waals surface area contributed by atoms with Crippen molar-refractivity contribution in [2.24, 2.45) is 11.7 Å². The van der Waals surface area contributed by atoms with Crippen LogP contribution in [0.1, 0.15) is 32.3 Å². The summed E-state index contributed by atoms with van der Waals surface area (Å²) in [6.07, 6.45) is 0.986. The molecule has 0 unspecified atom stereocenters. The second-order valence-corrected chi connectivity index (χ2v) is 5.10. The van der Waals surface area contributed by atoms with Gasteiger partial charge in [0.15, 0.2) is 0 Å². The fraction of sp³-hybridized carbons (Fsp3) is 0.500. The van der Waals surface area contributed by atoms with Gasteiger partial charge in [0.25, 0.3) is 0 Å². The van der Waals surface area contributed by atoms with Crippen LogP contribution in [0.3, 0.4) is 0 Å². The molecule has 0 saturated carbocycles. The van der Waals surface area contributed by atoms with Gasteiger partial charge < -0.3 is 15.8 Å². The van der Waals surface area contributed by atoms with E-state index in [0.29, 0.717) is 0 Å². The van der Waals surface area contributed by atoms with Gasteiger partial charge in [-0.3, -0.25) is 9.59 Å². The summed E-state index contributed by atoms with van der Waals surface area (Å²) in [6.45, 7) is 4.41. The summed E-state index contributed by atoms with van der Waals surface area (Å²) in [4.78, 5) is 23.3. The van der Waals surface area contributed by atoms with E-state index >= 15 is 0 Å². The highest BCUT2D eigenvalue weighted by Gasteiger charge is 2.19. The Kier molecular flexibility index (Phi) is 7.46. The van der Waals surface area contributed by atoms with Gasteiger partial charge in [-0.2, -0.15) is 0 Å². The average Bonchev–Trinajstić information content (AvgIpc) is 2.52. The number of hydrogen-bond acceptors (Lipinski definition) is 4. The molecule has 1 rings (SSSR count). The van der Waals surface area contributed by atoms with Crippen molar-refractivity contribution in [3.05, 3.63) is 35.9 Å². The summed E-state index contributed by atoms with van der Waals surface area (Å²) in [6, 6.07) is 8.93. The Morgan fingerprint density at radius 1 is 1.29 bits per heavy atom. The third-order valence-electron chi connectivity index (χ3n) is 3.43. The second-order valence-electron chi connectivity index (χ2n) is 5.10. The minimum absolute atomic E-state index is 0.120. The first-order chi connectivity index (χ1) is 10.0. The number of hydrogen-bond donors (Lipinski definition) is 2. The fourth-order valence-corrected chi connectivity index (χ4v) is 1.73. The summed E-state index contributed by atoms with van der Waals surface area (Å²) in [7, 11) is 0. The lowest BCUT2D eigenvalue weighted by Gasteiger charge is -2.17.